The maximum absolute atomic E-state index is 11.7. The molecule has 0 saturated heterocycles. The molecule has 1 aromatic rings. The first-order chi connectivity index (χ1) is 8.52. The number of aryl methyl sites for hydroxylation is 1. The van der Waals surface area contributed by atoms with Crippen LogP contribution >= 0.6 is 11.8 Å². The van der Waals surface area contributed by atoms with E-state index in [0.29, 0.717) is 5.75 Å². The van der Waals surface area contributed by atoms with Crippen LogP contribution in [0.1, 0.15) is 32.3 Å². The Morgan fingerprint density at radius 1 is 1.50 bits per heavy atom. The van der Waals surface area contributed by atoms with Gasteiger partial charge < -0.3 is 11.1 Å². The Morgan fingerprint density at radius 3 is 2.83 bits per heavy atom. The van der Waals surface area contributed by atoms with Crippen LogP contribution in [0.5, 0.6) is 0 Å². The molecule has 0 aliphatic rings. The van der Waals surface area contributed by atoms with E-state index >= 15 is 0 Å². The first-order valence-electron chi connectivity index (χ1n) is 6.31. The number of rotatable bonds is 6. The van der Waals surface area contributed by atoms with Gasteiger partial charge in [0, 0.05) is 16.6 Å². The third-order valence-electron chi connectivity index (χ3n) is 2.74. The number of carbonyl (C=O) groups excluding carboxylic acids is 1. The number of thioether (sulfide) groups is 1. The van der Waals surface area contributed by atoms with E-state index in [2.05, 4.69) is 12.2 Å². The summed E-state index contributed by atoms with van der Waals surface area (Å²) in [5.41, 5.74) is 7.60. The Bertz CT molecular complexity index is 407. The first-order valence-corrected chi connectivity index (χ1v) is 7.29. The number of carbonyl (C=O) groups is 1. The molecule has 1 unspecified atom stereocenters. The summed E-state index contributed by atoms with van der Waals surface area (Å²) in [6.45, 7) is 6.14. The van der Waals surface area contributed by atoms with Gasteiger partial charge in [0.05, 0.1) is 5.75 Å². The molecule has 0 saturated carbocycles. The van der Waals surface area contributed by atoms with E-state index in [9.17, 15) is 4.79 Å². The van der Waals surface area contributed by atoms with Crippen LogP contribution in [0.2, 0.25) is 0 Å². The minimum absolute atomic E-state index is 0.0930. The minimum atomic E-state index is 0.0930. The molecule has 0 bridgehead atoms. The molecule has 1 amide bonds. The number of benzene rings is 1. The Labute approximate surface area is 114 Å². The second kappa shape index (κ2) is 7.31. The molecule has 1 aromatic carbocycles. The van der Waals surface area contributed by atoms with E-state index < -0.39 is 0 Å². The van der Waals surface area contributed by atoms with Gasteiger partial charge in [-0.2, -0.15) is 0 Å². The predicted octanol–water partition coefficient (Wildman–Crippen LogP) is 2.97. The smallest absolute Gasteiger partial charge is 0.230 e. The molecular formula is C14H22N2OS. The Morgan fingerprint density at radius 2 is 2.22 bits per heavy atom. The highest BCUT2D eigenvalue weighted by Crippen LogP contribution is 2.22. The molecule has 1 rings (SSSR count). The van der Waals surface area contributed by atoms with Crippen molar-refractivity contribution < 1.29 is 4.79 Å². The van der Waals surface area contributed by atoms with Gasteiger partial charge >= 0.3 is 0 Å². The van der Waals surface area contributed by atoms with Crippen LogP contribution in [0.4, 0.5) is 5.69 Å². The van der Waals surface area contributed by atoms with E-state index in [1.165, 1.54) is 0 Å². The van der Waals surface area contributed by atoms with Crippen molar-refractivity contribution in [2.24, 2.45) is 0 Å². The normalized spacial score (nSPS) is 12.2. The molecule has 100 valence electrons. The minimum Gasteiger partial charge on any atom is -0.399 e. The van der Waals surface area contributed by atoms with Crippen LogP contribution in [0.3, 0.4) is 0 Å². The fourth-order valence-corrected chi connectivity index (χ4v) is 2.51. The van der Waals surface area contributed by atoms with Gasteiger partial charge in [0.1, 0.15) is 0 Å². The van der Waals surface area contributed by atoms with Crippen LogP contribution in [-0.2, 0) is 4.79 Å². The number of nitrogens with two attached hydrogens (primary N) is 1. The molecule has 0 aliphatic carbocycles. The van der Waals surface area contributed by atoms with Gasteiger partial charge in [-0.3, -0.25) is 4.79 Å². The third-order valence-corrected chi connectivity index (χ3v) is 3.73. The Hall–Kier alpha value is -1.16. The van der Waals surface area contributed by atoms with Crippen LogP contribution in [-0.4, -0.2) is 17.7 Å². The van der Waals surface area contributed by atoms with E-state index in [-0.39, 0.29) is 11.9 Å². The number of amides is 1. The van der Waals surface area contributed by atoms with Crippen molar-refractivity contribution in [2.45, 2.75) is 44.6 Å². The summed E-state index contributed by atoms with van der Waals surface area (Å²) in [5, 5.41) is 2.99. The molecule has 0 aromatic heterocycles. The van der Waals surface area contributed by atoms with Crippen molar-refractivity contribution in [1.82, 2.24) is 5.32 Å². The molecule has 0 fully saturated rings. The summed E-state index contributed by atoms with van der Waals surface area (Å²) >= 11 is 1.54. The summed E-state index contributed by atoms with van der Waals surface area (Å²) in [4.78, 5) is 12.8. The number of hydrogen-bond acceptors (Lipinski definition) is 3. The van der Waals surface area contributed by atoms with Gasteiger partial charge in [0.15, 0.2) is 0 Å². The summed E-state index contributed by atoms with van der Waals surface area (Å²) < 4.78 is 0. The Kier molecular flexibility index (Phi) is 6.05. The SMILES string of the molecule is CCCC(C)NC(=O)CSc1ccc(N)c(C)c1. The average molecular weight is 266 g/mol. The lowest BCUT2D eigenvalue weighted by molar-refractivity contribution is -0.119. The zero-order valence-electron chi connectivity index (χ0n) is 11.3. The second-order valence-corrected chi connectivity index (χ2v) is 5.61. The summed E-state index contributed by atoms with van der Waals surface area (Å²) in [5.74, 6) is 0.549. The standard InChI is InChI=1S/C14H22N2OS/c1-4-5-11(3)16-14(17)9-18-12-6-7-13(15)10(2)8-12/h6-8,11H,4-5,9,15H2,1-3H3,(H,16,17). The lowest BCUT2D eigenvalue weighted by Gasteiger charge is -2.12. The molecule has 0 aliphatic heterocycles. The van der Waals surface area contributed by atoms with Crippen molar-refractivity contribution >= 4 is 23.4 Å². The summed E-state index contributed by atoms with van der Waals surface area (Å²) in [6, 6.07) is 6.12. The maximum Gasteiger partial charge on any atom is 0.230 e. The summed E-state index contributed by atoms with van der Waals surface area (Å²) in [6.07, 6.45) is 2.11. The molecule has 3 nitrogen and oxygen atoms in total. The quantitative estimate of drug-likeness (QED) is 0.615. The fourth-order valence-electron chi connectivity index (χ4n) is 1.71. The molecule has 18 heavy (non-hydrogen) atoms. The molecule has 0 radical (unpaired) electrons. The van der Waals surface area contributed by atoms with Gasteiger partial charge in [-0.1, -0.05) is 13.3 Å². The average Bonchev–Trinajstić information content (AvgIpc) is 2.31. The lowest BCUT2D eigenvalue weighted by atomic mass is 10.2. The number of nitrogens with one attached hydrogen (secondary N) is 1. The van der Waals surface area contributed by atoms with Crippen LogP contribution in [0.25, 0.3) is 0 Å². The monoisotopic (exact) mass is 266 g/mol. The maximum atomic E-state index is 11.7. The van der Waals surface area contributed by atoms with Gasteiger partial charge in [0.2, 0.25) is 5.91 Å². The third kappa shape index (κ3) is 5.00. The van der Waals surface area contributed by atoms with Crippen molar-refractivity contribution in [3.05, 3.63) is 23.8 Å². The van der Waals surface area contributed by atoms with Crippen molar-refractivity contribution in [3.8, 4) is 0 Å². The van der Waals surface area contributed by atoms with E-state index in [4.69, 9.17) is 5.73 Å². The van der Waals surface area contributed by atoms with E-state index in [1.54, 1.807) is 11.8 Å². The molecule has 0 spiro atoms. The first kappa shape index (κ1) is 14.9. The van der Waals surface area contributed by atoms with Crippen molar-refractivity contribution in [2.75, 3.05) is 11.5 Å². The van der Waals surface area contributed by atoms with E-state index in [0.717, 1.165) is 29.0 Å². The number of anilines is 1. The van der Waals surface area contributed by atoms with E-state index in [1.807, 2.05) is 32.0 Å². The van der Waals surface area contributed by atoms with Gasteiger partial charge in [-0.15, -0.1) is 11.8 Å². The topological polar surface area (TPSA) is 55.1 Å². The van der Waals surface area contributed by atoms with Crippen LogP contribution < -0.4 is 11.1 Å². The highest BCUT2D eigenvalue weighted by Gasteiger charge is 2.07. The van der Waals surface area contributed by atoms with Crippen molar-refractivity contribution in [3.63, 3.8) is 0 Å². The largest absolute Gasteiger partial charge is 0.399 e. The highest BCUT2D eigenvalue weighted by molar-refractivity contribution is 8.00. The molecule has 4 heteroatoms. The zero-order valence-corrected chi connectivity index (χ0v) is 12.1. The van der Waals surface area contributed by atoms with Gasteiger partial charge in [-0.05, 0) is 44.0 Å². The van der Waals surface area contributed by atoms with Crippen molar-refractivity contribution in [1.29, 1.82) is 0 Å². The summed E-state index contributed by atoms with van der Waals surface area (Å²) in [7, 11) is 0. The molecule has 1 atom stereocenters. The van der Waals surface area contributed by atoms with Gasteiger partial charge in [-0.25, -0.2) is 0 Å². The number of nitrogen functional groups attached to an aromatic ring is 1. The lowest BCUT2D eigenvalue weighted by Crippen LogP contribution is -2.33. The number of hydrogen-bond donors (Lipinski definition) is 2. The van der Waals surface area contributed by atoms with Crippen LogP contribution in [0.15, 0.2) is 23.1 Å². The fraction of sp³-hybridized carbons (Fsp3) is 0.500. The molecular weight excluding hydrogens is 244 g/mol. The van der Waals surface area contributed by atoms with Crippen LogP contribution in [0, 0.1) is 6.92 Å². The van der Waals surface area contributed by atoms with Gasteiger partial charge in [0.25, 0.3) is 0 Å². The molecule has 3 N–H and O–H groups in total. The predicted molar refractivity (Wildman–Crippen MR) is 78.8 cm³/mol. The molecule has 0 heterocycles. The zero-order chi connectivity index (χ0) is 13.5. The Balaban J connectivity index is 2.40. The second-order valence-electron chi connectivity index (χ2n) is 4.56. The highest BCUT2D eigenvalue weighted by atomic mass is 32.2.